The Morgan fingerprint density at radius 2 is 1.60 bits per heavy atom. The molecule has 0 bridgehead atoms. The van der Waals surface area contributed by atoms with Gasteiger partial charge >= 0.3 is 11.9 Å². The molecule has 0 spiro atoms. The molecule has 0 aromatic heterocycles. The van der Waals surface area contributed by atoms with Gasteiger partial charge in [0, 0.05) is 36.6 Å². The lowest BCUT2D eigenvalue weighted by molar-refractivity contribution is -0.210. The largest absolute Gasteiger partial charge is 0.469 e. The molecular weight excluding hydrogens is 566 g/mol. The first-order chi connectivity index (χ1) is 20.9. The fraction of sp³-hybridized carbons (Fsp3) is 0.842. The van der Waals surface area contributed by atoms with Gasteiger partial charge in [0.15, 0.2) is 5.78 Å². The third-order valence-corrected chi connectivity index (χ3v) is 14.7. The maximum atomic E-state index is 14.6. The number of ether oxygens (including phenoxy) is 2. The van der Waals surface area contributed by atoms with E-state index in [4.69, 9.17) is 9.47 Å². The molecular formula is C38H59NO6. The molecule has 0 radical (unpaired) electrons. The number of allylic oxidation sites excluding steroid dienone is 2. The number of hydrogen-bond donors (Lipinski definition) is 1. The van der Waals surface area contributed by atoms with E-state index in [1.165, 1.54) is 19.6 Å². The van der Waals surface area contributed by atoms with Gasteiger partial charge in [-0.3, -0.25) is 19.2 Å². The molecule has 0 aromatic rings. The molecule has 0 aliphatic heterocycles. The van der Waals surface area contributed by atoms with Crippen molar-refractivity contribution in [2.24, 2.45) is 50.2 Å². The highest BCUT2D eigenvalue weighted by Crippen LogP contribution is 2.75. The number of amides is 1. The number of esters is 2. The van der Waals surface area contributed by atoms with Crippen LogP contribution in [0.15, 0.2) is 11.6 Å². The Morgan fingerprint density at radius 3 is 2.27 bits per heavy atom. The second kappa shape index (κ2) is 11.5. The Bertz CT molecular complexity index is 1270. The number of methoxy groups -OCH3 is 1. The van der Waals surface area contributed by atoms with Crippen molar-refractivity contribution in [3.05, 3.63) is 11.6 Å². The summed E-state index contributed by atoms with van der Waals surface area (Å²) < 4.78 is 10.6. The lowest BCUT2D eigenvalue weighted by atomic mass is 9.33. The summed E-state index contributed by atoms with van der Waals surface area (Å²) in [5.41, 5.74) is 0.269. The van der Waals surface area contributed by atoms with Crippen LogP contribution < -0.4 is 5.32 Å². The Morgan fingerprint density at radius 1 is 0.911 bits per heavy atom. The molecule has 0 saturated heterocycles. The van der Waals surface area contributed by atoms with Crippen LogP contribution in [0.4, 0.5) is 0 Å². The van der Waals surface area contributed by atoms with Crippen LogP contribution in [0.5, 0.6) is 0 Å². The molecule has 4 fully saturated rings. The van der Waals surface area contributed by atoms with Gasteiger partial charge in [0.1, 0.15) is 6.10 Å². The molecule has 1 N–H and O–H groups in total. The number of unbranched alkanes of at least 4 members (excludes halogenated alkanes) is 1. The molecule has 9 atom stereocenters. The van der Waals surface area contributed by atoms with Crippen molar-refractivity contribution in [3.8, 4) is 0 Å². The van der Waals surface area contributed by atoms with Gasteiger partial charge in [-0.1, -0.05) is 54.0 Å². The van der Waals surface area contributed by atoms with Crippen molar-refractivity contribution >= 4 is 23.6 Å². The highest BCUT2D eigenvalue weighted by atomic mass is 16.5. The molecule has 5 aliphatic carbocycles. The molecule has 4 saturated carbocycles. The molecule has 5 aliphatic rings. The minimum Gasteiger partial charge on any atom is -0.469 e. The summed E-state index contributed by atoms with van der Waals surface area (Å²) in [6, 6.07) is 0. The smallest absolute Gasteiger partial charge is 0.305 e. The van der Waals surface area contributed by atoms with Crippen molar-refractivity contribution in [3.63, 3.8) is 0 Å². The number of carbonyl (C=O) groups is 4. The van der Waals surface area contributed by atoms with E-state index >= 15 is 0 Å². The van der Waals surface area contributed by atoms with Gasteiger partial charge in [0.05, 0.1) is 7.11 Å². The van der Waals surface area contributed by atoms with Crippen LogP contribution in [0.25, 0.3) is 0 Å². The lowest BCUT2D eigenvalue weighted by Crippen LogP contribution is -2.66. The van der Waals surface area contributed by atoms with E-state index in [1.807, 2.05) is 0 Å². The Hall–Kier alpha value is -2.18. The average molecular weight is 626 g/mol. The Labute approximate surface area is 271 Å². The fourth-order valence-electron chi connectivity index (χ4n) is 11.7. The van der Waals surface area contributed by atoms with Gasteiger partial charge in [-0.15, -0.1) is 0 Å². The number of ketones is 1. The molecule has 7 nitrogen and oxygen atoms in total. The molecule has 45 heavy (non-hydrogen) atoms. The molecule has 252 valence electrons. The van der Waals surface area contributed by atoms with E-state index in [-0.39, 0.29) is 68.6 Å². The molecule has 5 rings (SSSR count). The normalized spacial score (nSPS) is 43.4. The minimum atomic E-state index is -0.491. The number of nitrogens with one attached hydrogen (secondary N) is 1. The molecule has 7 heteroatoms. The summed E-state index contributed by atoms with van der Waals surface area (Å²) in [7, 11) is 1.40. The zero-order chi connectivity index (χ0) is 33.2. The molecule has 0 unspecified atom stereocenters. The van der Waals surface area contributed by atoms with Gasteiger partial charge in [0.2, 0.25) is 5.91 Å². The lowest BCUT2D eigenvalue weighted by Gasteiger charge is -2.70. The van der Waals surface area contributed by atoms with Crippen LogP contribution in [0.3, 0.4) is 0 Å². The van der Waals surface area contributed by atoms with Gasteiger partial charge < -0.3 is 14.8 Å². The fourth-order valence-corrected chi connectivity index (χ4v) is 11.7. The van der Waals surface area contributed by atoms with Crippen molar-refractivity contribution in [1.82, 2.24) is 5.32 Å². The first-order valence-corrected chi connectivity index (χ1v) is 17.7. The van der Waals surface area contributed by atoms with Crippen LogP contribution in [0.1, 0.15) is 132 Å². The highest BCUT2D eigenvalue weighted by molar-refractivity contribution is 5.95. The molecule has 0 heterocycles. The molecule has 1 amide bonds. The van der Waals surface area contributed by atoms with Crippen molar-refractivity contribution in [1.29, 1.82) is 0 Å². The second-order valence-electron chi connectivity index (χ2n) is 17.5. The molecule has 0 aromatic carbocycles. The Kier molecular flexibility index (Phi) is 8.74. The summed E-state index contributed by atoms with van der Waals surface area (Å²) in [5, 5.41) is 3.19. The summed E-state index contributed by atoms with van der Waals surface area (Å²) in [6.07, 6.45) is 12.3. The van der Waals surface area contributed by atoms with E-state index in [2.05, 4.69) is 59.9 Å². The van der Waals surface area contributed by atoms with Crippen LogP contribution in [-0.2, 0) is 28.7 Å². The van der Waals surface area contributed by atoms with Gasteiger partial charge in [-0.05, 0) is 110 Å². The zero-order valence-electron chi connectivity index (χ0n) is 29.5. The monoisotopic (exact) mass is 625 g/mol. The van der Waals surface area contributed by atoms with E-state index in [0.29, 0.717) is 25.3 Å². The third kappa shape index (κ3) is 5.30. The summed E-state index contributed by atoms with van der Waals surface area (Å²) >= 11 is 0. The number of fused-ring (bicyclic) bond motifs is 7. The van der Waals surface area contributed by atoms with Gasteiger partial charge in [-0.25, -0.2) is 0 Å². The predicted molar refractivity (Wildman–Crippen MR) is 174 cm³/mol. The van der Waals surface area contributed by atoms with Crippen molar-refractivity contribution in [2.75, 3.05) is 13.7 Å². The minimum absolute atomic E-state index is 0.0670. The number of carbonyl (C=O) groups excluding carboxylic acids is 4. The number of rotatable bonds is 7. The summed E-state index contributed by atoms with van der Waals surface area (Å²) in [5.74, 6) is 0.375. The van der Waals surface area contributed by atoms with Gasteiger partial charge in [0.25, 0.3) is 0 Å². The third-order valence-electron chi connectivity index (χ3n) is 14.7. The maximum Gasteiger partial charge on any atom is 0.305 e. The van der Waals surface area contributed by atoms with Crippen LogP contribution in [0, 0.1) is 50.2 Å². The Balaban J connectivity index is 1.41. The van der Waals surface area contributed by atoms with Crippen molar-refractivity contribution in [2.45, 2.75) is 139 Å². The van der Waals surface area contributed by atoms with Crippen LogP contribution in [0.2, 0.25) is 0 Å². The van der Waals surface area contributed by atoms with E-state index in [0.717, 1.165) is 64.2 Å². The summed E-state index contributed by atoms with van der Waals surface area (Å²) in [4.78, 5) is 51.8. The van der Waals surface area contributed by atoms with Crippen molar-refractivity contribution < 1.29 is 28.7 Å². The predicted octanol–water partition coefficient (Wildman–Crippen LogP) is 7.36. The zero-order valence-corrected chi connectivity index (χ0v) is 29.5. The average Bonchev–Trinajstić information content (AvgIpc) is 2.96. The van der Waals surface area contributed by atoms with E-state index < -0.39 is 5.41 Å². The van der Waals surface area contributed by atoms with Crippen LogP contribution >= 0.6 is 0 Å². The van der Waals surface area contributed by atoms with E-state index in [9.17, 15) is 19.2 Å². The topological polar surface area (TPSA) is 98.8 Å². The standard InChI is InChI=1S/C38H59NO6/c1-24(40)45-29-14-15-36(6)28(33(29,2)3)13-16-38(8)31(36)27(41)22-25-26-23-35(5,18-17-34(26,4)19-20-37(25,38)7)32(43)39-21-11-10-12-30(42)44-9/h22,26,28-29,31H,10-21,23H2,1-9H3,(H,39,43)/t26-,28-,29-,31+,34+,35-,36-,37+,38+/m0/s1. The maximum absolute atomic E-state index is 14.6. The second-order valence-corrected chi connectivity index (χ2v) is 17.5. The summed E-state index contributed by atoms with van der Waals surface area (Å²) in [6.45, 7) is 18.3. The SMILES string of the molecule is COC(=O)CCCCNC(=O)[C@@]1(C)CC[C@]2(C)CC[C@]3(C)C(=CC(=O)[C@@H]4[C@@]5(C)CC[C@H](OC(C)=O)C(C)(C)[C@@H]5CC[C@]43C)[C@@H]2C1. The highest BCUT2D eigenvalue weighted by Gasteiger charge is 2.70. The number of hydrogen-bond acceptors (Lipinski definition) is 6. The first kappa shape index (κ1) is 34.2. The van der Waals surface area contributed by atoms with E-state index in [1.54, 1.807) is 0 Å². The van der Waals surface area contributed by atoms with Crippen LogP contribution in [-0.4, -0.2) is 43.4 Å². The van der Waals surface area contributed by atoms with Gasteiger partial charge in [-0.2, -0.15) is 0 Å². The quantitative estimate of drug-likeness (QED) is 0.235. The first-order valence-electron chi connectivity index (χ1n) is 17.7.